The minimum absolute atomic E-state index is 0.0780. The van der Waals surface area contributed by atoms with Gasteiger partial charge in [0.05, 0.1) is 17.2 Å². The highest BCUT2D eigenvalue weighted by Crippen LogP contribution is 2.28. The van der Waals surface area contributed by atoms with E-state index in [1.807, 2.05) is 13.8 Å². The molecule has 168 valence electrons. The highest BCUT2D eigenvalue weighted by Gasteiger charge is 2.30. The maximum absolute atomic E-state index is 13.5. The number of carbonyl (C=O) groups is 2. The first-order valence-electron chi connectivity index (χ1n) is 10.4. The number of nitrogens with zero attached hydrogens (tertiary/aromatic N) is 5. The van der Waals surface area contributed by atoms with E-state index in [0.29, 0.717) is 41.2 Å². The Morgan fingerprint density at radius 3 is 2.88 bits per heavy atom. The smallest absolute Gasteiger partial charge is 0.274 e. The third-order valence-electron chi connectivity index (χ3n) is 5.35. The molecule has 2 atom stereocenters. The Balaban J connectivity index is 1.58. The van der Waals surface area contributed by atoms with Gasteiger partial charge in [0.15, 0.2) is 11.3 Å². The Bertz CT molecular complexity index is 1170. The van der Waals surface area contributed by atoms with Gasteiger partial charge in [0, 0.05) is 32.8 Å². The monoisotopic (exact) mass is 457 g/mol. The molecular formula is C21H24FN7O2S. The number of thiazole rings is 1. The molecule has 2 amide bonds. The maximum atomic E-state index is 13.5. The summed E-state index contributed by atoms with van der Waals surface area (Å²) in [4.78, 5) is 43.6. The number of aryl methyl sites for hydroxylation is 1. The van der Waals surface area contributed by atoms with E-state index < -0.39 is 5.82 Å². The number of nitrogens with one attached hydrogen (secondary N) is 2. The molecule has 0 spiro atoms. The van der Waals surface area contributed by atoms with Crippen molar-refractivity contribution < 1.29 is 14.0 Å². The van der Waals surface area contributed by atoms with Crippen LogP contribution in [0.5, 0.6) is 0 Å². The average molecular weight is 458 g/mol. The molecule has 0 radical (unpaired) electrons. The molecule has 32 heavy (non-hydrogen) atoms. The lowest BCUT2D eigenvalue weighted by Gasteiger charge is -2.18. The molecule has 0 aromatic carbocycles. The number of hydrogen-bond donors (Lipinski definition) is 2. The van der Waals surface area contributed by atoms with Gasteiger partial charge in [-0.3, -0.25) is 14.6 Å². The number of halogens is 1. The van der Waals surface area contributed by atoms with Crippen LogP contribution in [0.3, 0.4) is 0 Å². The topological polar surface area (TPSA) is 113 Å². The van der Waals surface area contributed by atoms with E-state index in [0.717, 1.165) is 17.6 Å². The predicted octanol–water partition coefficient (Wildman–Crippen LogP) is 2.70. The van der Waals surface area contributed by atoms with Crippen LogP contribution in [-0.2, 0) is 4.79 Å². The van der Waals surface area contributed by atoms with Gasteiger partial charge in [0.1, 0.15) is 10.5 Å². The zero-order valence-electron chi connectivity index (χ0n) is 18.1. The normalized spacial score (nSPS) is 16.9. The summed E-state index contributed by atoms with van der Waals surface area (Å²) in [6, 6.07) is 1.06. The first-order valence-corrected chi connectivity index (χ1v) is 11.2. The second kappa shape index (κ2) is 9.11. The van der Waals surface area contributed by atoms with Crippen LogP contribution in [0, 0.1) is 18.7 Å². The second-order valence-electron chi connectivity index (χ2n) is 7.93. The number of amides is 2. The SMILES string of the molecule is CC(=O)NCC1CCN(C(=O)c2nc(N[C@@H](C)c3cncc(F)c3)nc3nc(C)sc23)C1. The van der Waals surface area contributed by atoms with E-state index in [1.165, 1.54) is 24.3 Å². The minimum atomic E-state index is -0.429. The maximum Gasteiger partial charge on any atom is 0.274 e. The van der Waals surface area contributed by atoms with Gasteiger partial charge in [0.25, 0.3) is 5.91 Å². The number of fused-ring (bicyclic) bond motifs is 1. The molecule has 0 bridgehead atoms. The number of carbonyl (C=O) groups excluding carboxylic acids is 2. The molecule has 0 saturated carbocycles. The van der Waals surface area contributed by atoms with Gasteiger partial charge < -0.3 is 15.5 Å². The van der Waals surface area contributed by atoms with Crippen LogP contribution < -0.4 is 10.6 Å². The third-order valence-corrected chi connectivity index (χ3v) is 6.31. The van der Waals surface area contributed by atoms with Crippen molar-refractivity contribution in [1.29, 1.82) is 0 Å². The number of pyridine rings is 1. The van der Waals surface area contributed by atoms with E-state index in [9.17, 15) is 14.0 Å². The van der Waals surface area contributed by atoms with Crippen molar-refractivity contribution in [3.8, 4) is 0 Å². The summed E-state index contributed by atoms with van der Waals surface area (Å²) in [5, 5.41) is 6.73. The molecule has 9 nitrogen and oxygen atoms in total. The first-order chi connectivity index (χ1) is 15.3. The first kappa shape index (κ1) is 22.0. The third kappa shape index (κ3) is 4.82. The molecule has 11 heteroatoms. The van der Waals surface area contributed by atoms with Gasteiger partial charge in [-0.05, 0) is 37.8 Å². The van der Waals surface area contributed by atoms with Gasteiger partial charge in [-0.2, -0.15) is 4.98 Å². The summed E-state index contributed by atoms with van der Waals surface area (Å²) in [6.45, 7) is 6.87. The van der Waals surface area contributed by atoms with Crippen molar-refractivity contribution >= 4 is 39.4 Å². The van der Waals surface area contributed by atoms with Crippen molar-refractivity contribution in [2.75, 3.05) is 25.0 Å². The summed E-state index contributed by atoms with van der Waals surface area (Å²) in [7, 11) is 0. The van der Waals surface area contributed by atoms with Crippen molar-refractivity contribution in [1.82, 2.24) is 30.2 Å². The molecule has 0 aliphatic carbocycles. The van der Waals surface area contributed by atoms with Gasteiger partial charge >= 0.3 is 0 Å². The van der Waals surface area contributed by atoms with Crippen molar-refractivity contribution in [3.63, 3.8) is 0 Å². The molecule has 4 heterocycles. The fraction of sp³-hybridized carbons (Fsp3) is 0.429. The molecule has 3 aromatic heterocycles. The molecule has 1 fully saturated rings. The van der Waals surface area contributed by atoms with E-state index in [2.05, 4.69) is 30.6 Å². The zero-order valence-corrected chi connectivity index (χ0v) is 18.9. The van der Waals surface area contributed by atoms with Crippen molar-refractivity contribution in [2.24, 2.45) is 5.92 Å². The Hall–Kier alpha value is -3.21. The zero-order chi connectivity index (χ0) is 22.8. The Kier molecular flexibility index (Phi) is 6.26. The minimum Gasteiger partial charge on any atom is -0.356 e. The van der Waals surface area contributed by atoms with Crippen LogP contribution >= 0.6 is 11.3 Å². The Morgan fingerprint density at radius 2 is 2.12 bits per heavy atom. The van der Waals surface area contributed by atoms with Crippen LogP contribution in [0.25, 0.3) is 10.3 Å². The summed E-state index contributed by atoms with van der Waals surface area (Å²) in [5.41, 5.74) is 1.39. The molecular weight excluding hydrogens is 433 g/mol. The van der Waals surface area contributed by atoms with Crippen LogP contribution in [0.2, 0.25) is 0 Å². The largest absolute Gasteiger partial charge is 0.356 e. The predicted molar refractivity (Wildman–Crippen MR) is 119 cm³/mol. The molecule has 1 aliphatic heterocycles. The van der Waals surface area contributed by atoms with Crippen molar-refractivity contribution in [3.05, 3.63) is 40.5 Å². The molecule has 1 unspecified atom stereocenters. The standard InChI is InChI=1S/C21H24FN7O2S/c1-11(15-6-16(22)9-23-8-15)25-21-27-17(18-19(28-21)26-13(3)32-18)20(31)29-5-4-14(10-29)7-24-12(2)30/h6,8-9,11,14H,4-5,7,10H2,1-3H3,(H,24,30)(H,25,27,28)/t11-,14?/m0/s1. The van der Waals surface area contributed by atoms with Gasteiger partial charge in [-0.15, -0.1) is 11.3 Å². The molecule has 2 N–H and O–H groups in total. The molecule has 1 aliphatic rings. The lowest BCUT2D eigenvalue weighted by atomic mass is 10.1. The highest BCUT2D eigenvalue weighted by molar-refractivity contribution is 7.18. The van der Waals surface area contributed by atoms with E-state index in [4.69, 9.17) is 0 Å². The van der Waals surface area contributed by atoms with Gasteiger partial charge in [0.2, 0.25) is 11.9 Å². The summed E-state index contributed by atoms with van der Waals surface area (Å²) in [6.07, 6.45) is 3.53. The molecule has 4 rings (SSSR count). The highest BCUT2D eigenvalue weighted by atomic mass is 32.1. The van der Waals surface area contributed by atoms with Crippen molar-refractivity contribution in [2.45, 2.75) is 33.2 Å². The second-order valence-corrected chi connectivity index (χ2v) is 9.13. The van der Waals surface area contributed by atoms with E-state index in [-0.39, 0.29) is 29.7 Å². The van der Waals surface area contributed by atoms with Crippen LogP contribution in [0.15, 0.2) is 18.5 Å². The Morgan fingerprint density at radius 1 is 1.31 bits per heavy atom. The summed E-state index contributed by atoms with van der Waals surface area (Å²) >= 11 is 1.38. The lowest BCUT2D eigenvalue weighted by molar-refractivity contribution is -0.119. The molecule has 1 saturated heterocycles. The quantitative estimate of drug-likeness (QED) is 0.585. The van der Waals surface area contributed by atoms with Crippen LogP contribution in [0.4, 0.5) is 10.3 Å². The summed E-state index contributed by atoms with van der Waals surface area (Å²) in [5.74, 6) is -0.236. The Labute approximate surface area is 188 Å². The number of likely N-dealkylation sites (tertiary alicyclic amines) is 1. The number of aromatic nitrogens is 4. The van der Waals surface area contributed by atoms with Gasteiger partial charge in [-0.1, -0.05) is 0 Å². The van der Waals surface area contributed by atoms with E-state index in [1.54, 1.807) is 11.1 Å². The van der Waals surface area contributed by atoms with E-state index >= 15 is 0 Å². The van der Waals surface area contributed by atoms with Crippen LogP contribution in [-0.4, -0.2) is 56.3 Å². The number of hydrogen-bond acceptors (Lipinski definition) is 8. The van der Waals surface area contributed by atoms with Crippen LogP contribution in [0.1, 0.15) is 47.4 Å². The fourth-order valence-electron chi connectivity index (χ4n) is 3.70. The summed E-state index contributed by atoms with van der Waals surface area (Å²) < 4.78 is 14.2. The fourth-order valence-corrected chi connectivity index (χ4v) is 4.54. The number of anilines is 1. The average Bonchev–Trinajstić information content (AvgIpc) is 3.37. The number of rotatable bonds is 6. The molecule has 3 aromatic rings. The lowest BCUT2D eigenvalue weighted by Crippen LogP contribution is -2.32. The van der Waals surface area contributed by atoms with Gasteiger partial charge in [-0.25, -0.2) is 14.4 Å².